The van der Waals surface area contributed by atoms with Gasteiger partial charge >= 0.3 is 11.8 Å². The lowest BCUT2D eigenvalue weighted by atomic mass is 10.1. The minimum absolute atomic E-state index is 0.502. The van der Waals surface area contributed by atoms with Crippen LogP contribution in [-0.4, -0.2) is 17.5 Å². The van der Waals surface area contributed by atoms with Crippen molar-refractivity contribution in [3.8, 4) is 11.5 Å². The van der Waals surface area contributed by atoms with Crippen molar-refractivity contribution in [2.45, 2.75) is 39.5 Å². The Morgan fingerprint density at radius 3 is 2.04 bits per heavy atom. The van der Waals surface area contributed by atoms with Crippen LogP contribution in [0.15, 0.2) is 59.7 Å². The molecule has 2 aromatic rings. The highest BCUT2D eigenvalue weighted by Gasteiger charge is 2.13. The Bertz CT molecular complexity index is 763. The molecule has 0 spiro atoms. The standard InChI is InChI=1S/C21H25N3O3/c1-3-8-17(9-4-2)23-24-21(26)20(25)22-16-12-14-19(15-13-16)27-18-10-6-5-7-11-18/h5-7,10-15H,3-4,8-9H2,1-2H3,(H,22,25)(H,24,26). The van der Waals surface area contributed by atoms with E-state index in [1.54, 1.807) is 24.3 Å². The molecule has 0 radical (unpaired) electrons. The van der Waals surface area contributed by atoms with Gasteiger partial charge in [-0.1, -0.05) is 44.9 Å². The Hall–Kier alpha value is -3.15. The number of benzene rings is 2. The summed E-state index contributed by atoms with van der Waals surface area (Å²) in [5, 5.41) is 6.61. The minimum Gasteiger partial charge on any atom is -0.457 e. The van der Waals surface area contributed by atoms with Crippen molar-refractivity contribution in [2.24, 2.45) is 5.10 Å². The minimum atomic E-state index is -0.788. The number of nitrogens with zero attached hydrogens (tertiary/aromatic N) is 1. The number of amides is 2. The summed E-state index contributed by atoms with van der Waals surface area (Å²) in [6, 6.07) is 16.2. The number of ether oxygens (including phenoxy) is 1. The van der Waals surface area contributed by atoms with Crippen LogP contribution in [0.1, 0.15) is 39.5 Å². The van der Waals surface area contributed by atoms with Crippen molar-refractivity contribution in [3.63, 3.8) is 0 Å². The Morgan fingerprint density at radius 1 is 0.852 bits per heavy atom. The second-order valence-electron chi connectivity index (χ2n) is 6.01. The maximum atomic E-state index is 12.0. The number of rotatable bonds is 8. The first kappa shape index (κ1) is 20.2. The van der Waals surface area contributed by atoms with E-state index in [-0.39, 0.29) is 0 Å². The van der Waals surface area contributed by atoms with E-state index < -0.39 is 11.8 Å². The van der Waals surface area contributed by atoms with Gasteiger partial charge in [0.15, 0.2) is 0 Å². The molecule has 142 valence electrons. The molecule has 0 unspecified atom stereocenters. The highest BCUT2D eigenvalue weighted by atomic mass is 16.5. The molecule has 6 heteroatoms. The summed E-state index contributed by atoms with van der Waals surface area (Å²) in [6.45, 7) is 4.09. The van der Waals surface area contributed by atoms with Gasteiger partial charge in [0.1, 0.15) is 11.5 Å². The van der Waals surface area contributed by atoms with Gasteiger partial charge in [0, 0.05) is 11.4 Å². The number of hydrogen-bond donors (Lipinski definition) is 2. The van der Waals surface area contributed by atoms with Crippen LogP contribution < -0.4 is 15.5 Å². The van der Waals surface area contributed by atoms with Crippen molar-refractivity contribution in [2.75, 3.05) is 5.32 Å². The summed E-state index contributed by atoms with van der Waals surface area (Å²) in [5.41, 5.74) is 3.72. The molecular formula is C21H25N3O3. The van der Waals surface area contributed by atoms with Crippen molar-refractivity contribution in [3.05, 3.63) is 54.6 Å². The van der Waals surface area contributed by atoms with Gasteiger partial charge in [-0.3, -0.25) is 9.59 Å². The highest BCUT2D eigenvalue weighted by Crippen LogP contribution is 2.22. The number of carbonyl (C=O) groups excluding carboxylic acids is 2. The fourth-order valence-electron chi connectivity index (χ4n) is 2.41. The summed E-state index contributed by atoms with van der Waals surface area (Å²) in [4.78, 5) is 23.9. The number of nitrogens with one attached hydrogen (secondary N) is 2. The molecule has 0 aliphatic heterocycles. The van der Waals surface area contributed by atoms with Crippen molar-refractivity contribution < 1.29 is 14.3 Å². The zero-order valence-electron chi connectivity index (χ0n) is 15.7. The molecule has 0 aliphatic rings. The number of hydrogen-bond acceptors (Lipinski definition) is 4. The molecule has 2 amide bonds. The Balaban J connectivity index is 1.89. The molecule has 6 nitrogen and oxygen atoms in total. The van der Waals surface area contributed by atoms with Crippen molar-refractivity contribution in [1.29, 1.82) is 0 Å². The molecular weight excluding hydrogens is 342 g/mol. The van der Waals surface area contributed by atoms with Gasteiger partial charge in [-0.25, -0.2) is 5.43 Å². The van der Waals surface area contributed by atoms with Crippen LogP contribution in [0.3, 0.4) is 0 Å². The molecule has 0 saturated carbocycles. The van der Waals surface area contributed by atoms with Crippen LogP contribution >= 0.6 is 0 Å². The highest BCUT2D eigenvalue weighted by molar-refractivity contribution is 6.39. The van der Waals surface area contributed by atoms with Crippen LogP contribution in [0.5, 0.6) is 11.5 Å². The van der Waals surface area contributed by atoms with Gasteiger partial charge in [0.2, 0.25) is 0 Å². The average molecular weight is 367 g/mol. The first-order valence-electron chi connectivity index (χ1n) is 9.12. The van der Waals surface area contributed by atoms with E-state index in [0.717, 1.165) is 37.1 Å². The third-order valence-electron chi connectivity index (χ3n) is 3.69. The molecule has 0 atom stereocenters. The van der Waals surface area contributed by atoms with E-state index >= 15 is 0 Å². The summed E-state index contributed by atoms with van der Waals surface area (Å²) in [5.74, 6) is -0.189. The molecule has 0 heterocycles. The quantitative estimate of drug-likeness (QED) is 0.410. The van der Waals surface area contributed by atoms with Crippen molar-refractivity contribution >= 4 is 23.2 Å². The van der Waals surface area contributed by atoms with Crippen LogP contribution in [0.2, 0.25) is 0 Å². The number of para-hydroxylation sites is 1. The fourth-order valence-corrected chi connectivity index (χ4v) is 2.41. The number of anilines is 1. The summed E-state index contributed by atoms with van der Waals surface area (Å²) >= 11 is 0. The van der Waals surface area contributed by atoms with E-state index in [4.69, 9.17) is 4.74 Å². The maximum absolute atomic E-state index is 12.0. The third kappa shape index (κ3) is 6.93. The monoisotopic (exact) mass is 367 g/mol. The van der Waals surface area contributed by atoms with Crippen molar-refractivity contribution in [1.82, 2.24) is 5.43 Å². The van der Waals surface area contributed by atoms with Crippen LogP contribution in [0, 0.1) is 0 Å². The van der Waals surface area contributed by atoms with E-state index in [0.29, 0.717) is 11.4 Å². The van der Waals surface area contributed by atoms with E-state index in [9.17, 15) is 9.59 Å². The smallest absolute Gasteiger partial charge is 0.329 e. The summed E-state index contributed by atoms with van der Waals surface area (Å²) < 4.78 is 5.69. The molecule has 2 rings (SSSR count). The van der Waals surface area contributed by atoms with Gasteiger partial charge in [0.25, 0.3) is 0 Å². The molecule has 0 fully saturated rings. The zero-order valence-corrected chi connectivity index (χ0v) is 15.7. The normalized spacial score (nSPS) is 10.0. The van der Waals surface area contributed by atoms with Gasteiger partial charge in [-0.15, -0.1) is 0 Å². The number of hydrazone groups is 1. The summed E-state index contributed by atoms with van der Waals surface area (Å²) in [6.07, 6.45) is 3.49. The fraction of sp³-hybridized carbons (Fsp3) is 0.286. The number of carbonyl (C=O) groups is 2. The molecule has 0 aromatic heterocycles. The predicted octanol–water partition coefficient (Wildman–Crippen LogP) is 4.49. The van der Waals surface area contributed by atoms with Crippen LogP contribution in [0.4, 0.5) is 5.69 Å². The van der Waals surface area contributed by atoms with E-state index in [1.165, 1.54) is 0 Å². The molecule has 0 aliphatic carbocycles. The Morgan fingerprint density at radius 2 is 1.44 bits per heavy atom. The predicted molar refractivity (Wildman–Crippen MR) is 107 cm³/mol. The Kier molecular flexibility index (Phi) is 8.03. The maximum Gasteiger partial charge on any atom is 0.329 e. The van der Waals surface area contributed by atoms with Gasteiger partial charge < -0.3 is 10.1 Å². The molecule has 27 heavy (non-hydrogen) atoms. The lowest BCUT2D eigenvalue weighted by molar-refractivity contribution is -0.136. The molecule has 0 saturated heterocycles. The van der Waals surface area contributed by atoms with Crippen LogP contribution in [-0.2, 0) is 9.59 Å². The third-order valence-corrected chi connectivity index (χ3v) is 3.69. The van der Waals surface area contributed by atoms with E-state index in [1.807, 2.05) is 44.2 Å². The molecule has 2 aromatic carbocycles. The van der Waals surface area contributed by atoms with Gasteiger partial charge in [-0.05, 0) is 49.2 Å². The lowest BCUT2D eigenvalue weighted by Crippen LogP contribution is -2.33. The van der Waals surface area contributed by atoms with E-state index in [2.05, 4.69) is 15.8 Å². The first-order chi connectivity index (χ1) is 13.1. The van der Waals surface area contributed by atoms with Gasteiger partial charge in [-0.2, -0.15) is 5.10 Å². The lowest BCUT2D eigenvalue weighted by Gasteiger charge is -2.08. The zero-order chi connectivity index (χ0) is 19.5. The largest absolute Gasteiger partial charge is 0.457 e. The first-order valence-corrected chi connectivity index (χ1v) is 9.12. The average Bonchev–Trinajstić information content (AvgIpc) is 2.68. The second-order valence-corrected chi connectivity index (χ2v) is 6.01. The molecule has 0 bridgehead atoms. The summed E-state index contributed by atoms with van der Waals surface area (Å²) in [7, 11) is 0. The topological polar surface area (TPSA) is 79.8 Å². The Labute approximate surface area is 159 Å². The second kappa shape index (κ2) is 10.8. The molecule has 2 N–H and O–H groups in total. The van der Waals surface area contributed by atoms with Crippen LogP contribution in [0.25, 0.3) is 0 Å². The SMILES string of the molecule is CCCC(CCC)=NNC(=O)C(=O)Nc1ccc(Oc2ccccc2)cc1. The van der Waals surface area contributed by atoms with Gasteiger partial charge in [0.05, 0.1) is 0 Å².